The molecule has 3 aromatic rings. The van der Waals surface area contributed by atoms with Crippen molar-refractivity contribution in [3.8, 4) is 5.75 Å². The van der Waals surface area contributed by atoms with E-state index in [9.17, 15) is 0 Å². The maximum Gasteiger partial charge on any atom is 0.300 e. The number of unbranched alkanes of at least 4 members (excludes halogenated alkanes) is 1. The lowest BCUT2D eigenvalue weighted by molar-refractivity contribution is 0.309. The number of rotatable bonds is 9. The number of quaternary nitrogens is 1. The minimum atomic E-state index is 0.118. The van der Waals surface area contributed by atoms with Gasteiger partial charge in [-0.2, -0.15) is 0 Å². The second-order valence-electron chi connectivity index (χ2n) is 12.6. The van der Waals surface area contributed by atoms with Crippen LogP contribution in [0.2, 0.25) is 0 Å². The third-order valence-electron chi connectivity index (χ3n) is 7.24. The van der Waals surface area contributed by atoms with Crippen LogP contribution in [-0.4, -0.2) is 19.6 Å². The average molecular weight is 515 g/mol. The number of benzene rings is 3. The van der Waals surface area contributed by atoms with Crippen molar-refractivity contribution in [2.24, 2.45) is 10.7 Å². The van der Waals surface area contributed by atoms with Gasteiger partial charge in [0.1, 0.15) is 18.0 Å². The summed E-state index contributed by atoms with van der Waals surface area (Å²) < 4.78 is 6.30. The van der Waals surface area contributed by atoms with Crippen LogP contribution in [0.5, 0.6) is 5.75 Å². The smallest absolute Gasteiger partial charge is 0.300 e. The van der Waals surface area contributed by atoms with Crippen LogP contribution in [0.4, 0.5) is 5.69 Å². The van der Waals surface area contributed by atoms with Gasteiger partial charge in [-0.3, -0.25) is 0 Å². The third kappa shape index (κ3) is 7.70. The van der Waals surface area contributed by atoms with Crippen LogP contribution >= 0.6 is 0 Å². The van der Waals surface area contributed by atoms with Gasteiger partial charge in [0.05, 0.1) is 20.2 Å². The molecule has 3 aromatic carbocycles. The molecule has 4 heteroatoms. The van der Waals surface area contributed by atoms with Crippen molar-refractivity contribution < 1.29 is 4.74 Å². The molecule has 0 heterocycles. The van der Waals surface area contributed by atoms with Crippen LogP contribution in [0.15, 0.2) is 77.8 Å². The van der Waals surface area contributed by atoms with Crippen LogP contribution in [0.1, 0.15) is 83.6 Å². The largest absolute Gasteiger partial charge is 0.494 e. The van der Waals surface area contributed by atoms with Crippen LogP contribution < -0.4 is 15.0 Å². The zero-order chi connectivity index (χ0) is 28.0. The Morgan fingerprint density at radius 3 is 1.74 bits per heavy atom. The second kappa shape index (κ2) is 12.2. The molecule has 1 unspecified atom stereocenters. The van der Waals surface area contributed by atoms with E-state index in [1.54, 1.807) is 0 Å². The van der Waals surface area contributed by atoms with Crippen molar-refractivity contribution in [1.82, 2.24) is 4.48 Å². The Kier molecular flexibility index (Phi) is 9.43. The summed E-state index contributed by atoms with van der Waals surface area (Å²) in [5.74, 6) is 1.47. The lowest BCUT2D eigenvalue weighted by Crippen LogP contribution is -2.54. The molecule has 3 rings (SSSR count). The minimum Gasteiger partial charge on any atom is -0.494 e. The molecule has 2 N–H and O–H groups in total. The maximum atomic E-state index is 6.81. The summed E-state index contributed by atoms with van der Waals surface area (Å²) in [5, 5.41) is 0. The van der Waals surface area contributed by atoms with Gasteiger partial charge in [-0.05, 0) is 46.1 Å². The first-order valence-corrected chi connectivity index (χ1v) is 13.9. The molecule has 0 bridgehead atoms. The average Bonchev–Trinajstić information content (AvgIpc) is 2.87. The summed E-state index contributed by atoms with van der Waals surface area (Å²) in [6.45, 7) is 17.6. The number of guanidine groups is 1. The summed E-state index contributed by atoms with van der Waals surface area (Å²) in [7, 11) is 2.14. The topological polar surface area (TPSA) is 47.6 Å². The summed E-state index contributed by atoms with van der Waals surface area (Å²) >= 11 is 0. The normalized spacial score (nSPS) is 14.3. The van der Waals surface area contributed by atoms with Crippen LogP contribution in [0.3, 0.4) is 0 Å². The lowest BCUT2D eigenvalue weighted by atomic mass is 9.86. The summed E-state index contributed by atoms with van der Waals surface area (Å²) in [4.78, 5) is 4.91. The first-order valence-electron chi connectivity index (χ1n) is 13.9. The van der Waals surface area contributed by atoms with E-state index in [1.165, 1.54) is 16.7 Å². The zero-order valence-corrected chi connectivity index (χ0v) is 24.8. The molecule has 0 aliphatic rings. The highest BCUT2D eigenvalue weighted by molar-refractivity contribution is 5.89. The van der Waals surface area contributed by atoms with Gasteiger partial charge in [0.2, 0.25) is 0 Å². The fourth-order valence-electron chi connectivity index (χ4n) is 4.42. The van der Waals surface area contributed by atoms with Crippen LogP contribution in [-0.2, 0) is 23.9 Å². The second-order valence-corrected chi connectivity index (χ2v) is 12.6. The number of hydrogen-bond acceptors (Lipinski definition) is 2. The van der Waals surface area contributed by atoms with E-state index in [0.717, 1.165) is 36.4 Å². The molecule has 0 spiro atoms. The number of nitrogens with zero attached hydrogens (tertiary/aromatic N) is 2. The maximum absolute atomic E-state index is 6.81. The van der Waals surface area contributed by atoms with E-state index in [0.29, 0.717) is 23.5 Å². The van der Waals surface area contributed by atoms with E-state index in [4.69, 9.17) is 15.5 Å². The Balaban J connectivity index is 1.90. The van der Waals surface area contributed by atoms with Crippen LogP contribution in [0, 0.1) is 0 Å². The van der Waals surface area contributed by atoms with Crippen molar-refractivity contribution in [2.45, 2.75) is 85.2 Å². The van der Waals surface area contributed by atoms with Gasteiger partial charge in [0.25, 0.3) is 0 Å². The first-order chi connectivity index (χ1) is 17.8. The van der Waals surface area contributed by atoms with Gasteiger partial charge in [-0.1, -0.05) is 103 Å². The predicted molar refractivity (Wildman–Crippen MR) is 164 cm³/mol. The zero-order valence-electron chi connectivity index (χ0n) is 24.8. The van der Waals surface area contributed by atoms with Gasteiger partial charge >= 0.3 is 5.96 Å². The molecular weight excluding hydrogens is 466 g/mol. The first kappa shape index (κ1) is 29.4. The molecule has 0 aliphatic carbocycles. The molecule has 4 nitrogen and oxygen atoms in total. The summed E-state index contributed by atoms with van der Waals surface area (Å²) in [6, 6.07) is 25.9. The Hall–Kier alpha value is -3.11. The van der Waals surface area contributed by atoms with Crippen molar-refractivity contribution in [3.63, 3.8) is 0 Å². The highest BCUT2D eigenvalue weighted by Crippen LogP contribution is 2.29. The Morgan fingerprint density at radius 2 is 1.26 bits per heavy atom. The molecule has 0 saturated heterocycles. The quantitative estimate of drug-likeness (QED) is 0.136. The Morgan fingerprint density at radius 1 is 0.763 bits per heavy atom. The van der Waals surface area contributed by atoms with Crippen molar-refractivity contribution in [1.29, 1.82) is 0 Å². The molecule has 0 fully saturated rings. The van der Waals surface area contributed by atoms with Crippen molar-refractivity contribution >= 4 is 11.6 Å². The highest BCUT2D eigenvalue weighted by Gasteiger charge is 2.31. The number of aliphatic imine (C=N–C) groups is 1. The molecular formula is C34H48N3O+. The van der Waals surface area contributed by atoms with Gasteiger partial charge in [-0.15, -0.1) is 0 Å². The van der Waals surface area contributed by atoms with E-state index >= 15 is 0 Å². The molecule has 204 valence electrons. The lowest BCUT2D eigenvalue weighted by Gasteiger charge is -2.32. The number of ether oxygens (including phenoxy) is 1. The molecule has 0 saturated carbocycles. The molecule has 0 radical (unpaired) electrons. The Labute approximate surface area is 231 Å². The van der Waals surface area contributed by atoms with Crippen LogP contribution in [0.25, 0.3) is 0 Å². The predicted octanol–water partition coefficient (Wildman–Crippen LogP) is 8.11. The number of nitrogens with two attached hydrogens (primary N) is 1. The van der Waals surface area contributed by atoms with E-state index in [2.05, 4.69) is 116 Å². The van der Waals surface area contributed by atoms with E-state index in [-0.39, 0.29) is 10.8 Å². The van der Waals surface area contributed by atoms with Gasteiger partial charge in [0.15, 0.2) is 0 Å². The van der Waals surface area contributed by atoms with E-state index < -0.39 is 0 Å². The molecule has 1 atom stereocenters. The van der Waals surface area contributed by atoms with Gasteiger partial charge < -0.3 is 10.5 Å². The summed E-state index contributed by atoms with van der Waals surface area (Å²) in [6.07, 6.45) is 2.17. The van der Waals surface area contributed by atoms with Crippen molar-refractivity contribution in [3.05, 3.63) is 95.1 Å². The van der Waals surface area contributed by atoms with Crippen molar-refractivity contribution in [2.75, 3.05) is 13.7 Å². The fraction of sp³-hybridized carbons (Fsp3) is 0.441. The molecule has 0 aromatic heterocycles. The number of hydrogen-bond donors (Lipinski definition) is 1. The molecule has 38 heavy (non-hydrogen) atoms. The van der Waals surface area contributed by atoms with Gasteiger partial charge in [0, 0.05) is 17.7 Å². The molecule has 0 amide bonds. The van der Waals surface area contributed by atoms with Gasteiger partial charge in [-0.25, -0.2) is 9.48 Å². The third-order valence-corrected chi connectivity index (χ3v) is 7.24. The summed E-state index contributed by atoms with van der Waals surface area (Å²) in [5.41, 5.74) is 13.1. The highest BCUT2D eigenvalue weighted by atomic mass is 16.5. The fourth-order valence-corrected chi connectivity index (χ4v) is 4.42. The Bertz CT molecular complexity index is 1180. The molecule has 0 aliphatic heterocycles. The SMILES string of the molecule is CCCCOc1ccc([N+](C)(Cc2ccc(C(C)(C)C)cc2)C(N)=NCc2ccc(C(C)(C)C)cc2)cc1. The minimum absolute atomic E-state index is 0.118. The standard InChI is InChI=1S/C34H48N3O/c1-9-10-23-38-31-21-19-30(20-22-31)37(8,25-27-13-17-29(18-14-27)34(5,6)7)32(35)36-24-26-11-15-28(16-12-26)33(2,3)4/h11-22H,9-10,23-25H2,1-8H3,(H2,35,36)/q+1. The van der Waals surface area contributed by atoms with E-state index in [1.807, 2.05) is 12.1 Å². The monoisotopic (exact) mass is 514 g/mol.